The summed E-state index contributed by atoms with van der Waals surface area (Å²) in [6, 6.07) is 0.701. The van der Waals surface area contributed by atoms with Crippen LogP contribution in [-0.2, 0) is 0 Å². The zero-order valence-corrected chi connectivity index (χ0v) is 12.5. The summed E-state index contributed by atoms with van der Waals surface area (Å²) >= 11 is 6.15. The number of halogens is 1. The van der Waals surface area contributed by atoms with Gasteiger partial charge in [-0.1, -0.05) is 11.6 Å². The van der Waals surface area contributed by atoms with Gasteiger partial charge in [0.15, 0.2) is 10.8 Å². The smallest absolute Gasteiger partial charge is 0.205 e. The fraction of sp³-hybridized carbons (Fsp3) is 0.615. The third kappa shape index (κ3) is 2.45. The average Bonchev–Trinajstić information content (AvgIpc) is 2.78. The number of anilines is 1. The first-order chi connectivity index (χ1) is 9.66. The normalized spacial score (nSPS) is 17.0. The minimum atomic E-state index is 0.305. The van der Waals surface area contributed by atoms with Crippen molar-refractivity contribution >= 4 is 28.7 Å². The predicted molar refractivity (Wildman–Crippen MR) is 80.2 cm³/mol. The van der Waals surface area contributed by atoms with Crippen LogP contribution < -0.4 is 10.6 Å². The number of rotatable bonds is 3. The summed E-state index contributed by atoms with van der Waals surface area (Å²) in [5.74, 6) is 0.837. The Hall–Kier alpha value is -1.40. The van der Waals surface area contributed by atoms with Crippen LogP contribution in [0.5, 0.6) is 0 Å². The van der Waals surface area contributed by atoms with Crippen molar-refractivity contribution in [3.63, 3.8) is 0 Å². The monoisotopic (exact) mass is 294 g/mol. The second-order valence-electron chi connectivity index (χ2n) is 5.42. The van der Waals surface area contributed by atoms with Crippen LogP contribution in [0.4, 0.5) is 5.95 Å². The molecule has 6 nitrogen and oxygen atoms in total. The van der Waals surface area contributed by atoms with E-state index in [9.17, 15) is 0 Å². The fourth-order valence-corrected chi connectivity index (χ4v) is 2.82. The van der Waals surface area contributed by atoms with Crippen molar-refractivity contribution in [1.29, 1.82) is 0 Å². The Morgan fingerprint density at radius 3 is 2.80 bits per heavy atom. The van der Waals surface area contributed by atoms with Crippen LogP contribution in [0, 0.1) is 0 Å². The molecule has 3 rings (SSSR count). The highest BCUT2D eigenvalue weighted by Crippen LogP contribution is 2.30. The van der Waals surface area contributed by atoms with Crippen LogP contribution in [0.1, 0.15) is 32.7 Å². The molecule has 1 saturated heterocycles. The van der Waals surface area contributed by atoms with Gasteiger partial charge >= 0.3 is 0 Å². The van der Waals surface area contributed by atoms with Crippen molar-refractivity contribution in [3.8, 4) is 0 Å². The van der Waals surface area contributed by atoms with E-state index in [4.69, 9.17) is 11.6 Å². The van der Waals surface area contributed by atoms with Gasteiger partial charge in [0.25, 0.3) is 0 Å². The Kier molecular flexibility index (Phi) is 3.76. The van der Waals surface area contributed by atoms with E-state index in [2.05, 4.69) is 44.0 Å². The molecule has 0 spiro atoms. The molecular weight excluding hydrogens is 276 g/mol. The summed E-state index contributed by atoms with van der Waals surface area (Å²) in [5.41, 5.74) is 1.50. The Morgan fingerprint density at radius 2 is 2.10 bits per heavy atom. The van der Waals surface area contributed by atoms with Crippen LogP contribution in [0.3, 0.4) is 0 Å². The summed E-state index contributed by atoms with van der Waals surface area (Å²) in [6.07, 6.45) is 3.64. The Labute approximate surface area is 123 Å². The number of fused-ring (bicyclic) bond motifs is 1. The van der Waals surface area contributed by atoms with Crippen LogP contribution in [0.2, 0.25) is 5.15 Å². The highest BCUT2D eigenvalue weighted by atomic mass is 35.5. The van der Waals surface area contributed by atoms with E-state index in [1.165, 1.54) is 6.33 Å². The maximum atomic E-state index is 6.15. The summed E-state index contributed by atoms with van der Waals surface area (Å²) < 4.78 is 2.18. The van der Waals surface area contributed by atoms with Crippen molar-refractivity contribution in [3.05, 3.63) is 11.5 Å². The van der Waals surface area contributed by atoms with E-state index < -0.39 is 0 Å². The fourth-order valence-electron chi connectivity index (χ4n) is 2.65. The number of hydrogen-bond donors (Lipinski definition) is 2. The van der Waals surface area contributed by atoms with Gasteiger partial charge in [-0.25, -0.2) is 15.0 Å². The zero-order valence-electron chi connectivity index (χ0n) is 11.7. The quantitative estimate of drug-likeness (QED) is 0.850. The lowest BCUT2D eigenvalue weighted by atomic mass is 10.1. The molecule has 1 aliphatic heterocycles. The molecule has 0 amide bonds. The van der Waals surface area contributed by atoms with Gasteiger partial charge in [-0.05, 0) is 39.8 Å². The SMILES string of the molecule is CC(C)Nc1nc2c(Cl)ncnc2n1C1CCNCC1. The minimum absolute atomic E-state index is 0.305. The van der Waals surface area contributed by atoms with E-state index in [-0.39, 0.29) is 0 Å². The third-order valence-corrected chi connectivity index (χ3v) is 3.80. The molecule has 2 N–H and O–H groups in total. The Morgan fingerprint density at radius 1 is 1.35 bits per heavy atom. The first-order valence-electron chi connectivity index (χ1n) is 7.02. The maximum Gasteiger partial charge on any atom is 0.205 e. The minimum Gasteiger partial charge on any atom is -0.353 e. The molecule has 2 aromatic rings. The molecule has 1 fully saturated rings. The van der Waals surface area contributed by atoms with Crippen LogP contribution in [0.25, 0.3) is 11.2 Å². The van der Waals surface area contributed by atoms with Crippen LogP contribution in [0.15, 0.2) is 6.33 Å². The summed E-state index contributed by atoms with van der Waals surface area (Å²) in [5, 5.41) is 7.19. The second kappa shape index (κ2) is 5.54. The van der Waals surface area contributed by atoms with Gasteiger partial charge in [0, 0.05) is 12.1 Å². The zero-order chi connectivity index (χ0) is 14.1. The van der Waals surface area contributed by atoms with E-state index >= 15 is 0 Å². The number of nitrogens with one attached hydrogen (secondary N) is 2. The van der Waals surface area contributed by atoms with Gasteiger partial charge in [-0.2, -0.15) is 0 Å². The first kappa shape index (κ1) is 13.6. The van der Waals surface area contributed by atoms with Crippen LogP contribution >= 0.6 is 11.6 Å². The Bertz CT molecular complexity index is 602. The highest BCUT2D eigenvalue weighted by molar-refractivity contribution is 6.33. The molecule has 0 bridgehead atoms. The lowest BCUT2D eigenvalue weighted by Crippen LogP contribution is -2.30. The number of hydrogen-bond acceptors (Lipinski definition) is 5. The molecule has 0 radical (unpaired) electrons. The summed E-state index contributed by atoms with van der Waals surface area (Å²) in [7, 11) is 0. The maximum absolute atomic E-state index is 6.15. The molecule has 0 saturated carbocycles. The molecular formula is C13H19ClN6. The van der Waals surface area contributed by atoms with Crippen LogP contribution in [-0.4, -0.2) is 38.7 Å². The predicted octanol–water partition coefficient (Wildman–Crippen LogP) is 2.22. The van der Waals surface area contributed by atoms with Gasteiger partial charge in [-0.15, -0.1) is 0 Å². The number of piperidine rings is 1. The summed E-state index contributed by atoms with van der Waals surface area (Å²) in [4.78, 5) is 13.0. The number of aromatic nitrogens is 4. The van der Waals surface area contributed by atoms with E-state index in [0.29, 0.717) is 22.8 Å². The van der Waals surface area contributed by atoms with Gasteiger partial charge in [0.1, 0.15) is 11.8 Å². The number of imidazole rings is 1. The first-order valence-corrected chi connectivity index (χ1v) is 7.40. The molecule has 2 aromatic heterocycles. The topological polar surface area (TPSA) is 67.7 Å². The van der Waals surface area contributed by atoms with Gasteiger partial charge in [0.2, 0.25) is 5.95 Å². The van der Waals surface area contributed by atoms with Gasteiger partial charge < -0.3 is 10.6 Å². The van der Waals surface area contributed by atoms with E-state index in [0.717, 1.165) is 37.5 Å². The summed E-state index contributed by atoms with van der Waals surface area (Å²) in [6.45, 7) is 6.23. The largest absolute Gasteiger partial charge is 0.353 e. The molecule has 0 aliphatic carbocycles. The molecule has 0 unspecified atom stereocenters. The molecule has 3 heterocycles. The van der Waals surface area contributed by atoms with Crippen molar-refractivity contribution in [1.82, 2.24) is 24.8 Å². The molecule has 108 valence electrons. The lowest BCUT2D eigenvalue weighted by molar-refractivity contribution is 0.376. The lowest BCUT2D eigenvalue weighted by Gasteiger charge is -2.26. The molecule has 0 atom stereocenters. The number of nitrogens with zero attached hydrogens (tertiary/aromatic N) is 4. The van der Waals surface area contributed by atoms with Crippen molar-refractivity contribution in [2.75, 3.05) is 18.4 Å². The van der Waals surface area contributed by atoms with Crippen molar-refractivity contribution < 1.29 is 0 Å². The van der Waals surface area contributed by atoms with Gasteiger partial charge in [-0.3, -0.25) is 4.57 Å². The van der Waals surface area contributed by atoms with E-state index in [1.807, 2.05) is 0 Å². The average molecular weight is 295 g/mol. The van der Waals surface area contributed by atoms with E-state index in [1.54, 1.807) is 0 Å². The molecule has 1 aliphatic rings. The van der Waals surface area contributed by atoms with Gasteiger partial charge in [0.05, 0.1) is 0 Å². The second-order valence-corrected chi connectivity index (χ2v) is 5.78. The van der Waals surface area contributed by atoms with Crippen molar-refractivity contribution in [2.45, 2.75) is 38.8 Å². The standard InChI is InChI=1S/C13H19ClN6/c1-8(2)18-13-19-10-11(14)16-7-17-12(10)20(13)9-3-5-15-6-4-9/h7-9,15H,3-6H2,1-2H3,(H,18,19). The highest BCUT2D eigenvalue weighted by Gasteiger charge is 2.23. The Balaban J connectivity index is 2.12. The third-order valence-electron chi connectivity index (χ3n) is 3.52. The molecule has 20 heavy (non-hydrogen) atoms. The van der Waals surface area contributed by atoms with Crippen molar-refractivity contribution in [2.24, 2.45) is 0 Å². The molecule has 7 heteroatoms. The molecule has 0 aromatic carbocycles.